The Labute approximate surface area is 119 Å². The van der Waals surface area contributed by atoms with E-state index < -0.39 is 5.97 Å². The van der Waals surface area contributed by atoms with Crippen molar-refractivity contribution in [1.82, 2.24) is 0 Å². The van der Waals surface area contributed by atoms with Gasteiger partial charge in [0.25, 0.3) is 0 Å². The molecule has 0 radical (unpaired) electrons. The maximum absolute atomic E-state index is 13.2. The van der Waals surface area contributed by atoms with Gasteiger partial charge in [0.1, 0.15) is 23.9 Å². The minimum Gasteiger partial charge on any atom is -0.486 e. The van der Waals surface area contributed by atoms with Crippen LogP contribution in [0.3, 0.4) is 0 Å². The second-order valence-corrected chi connectivity index (χ2v) is 4.48. The van der Waals surface area contributed by atoms with E-state index in [0.29, 0.717) is 22.7 Å². The van der Waals surface area contributed by atoms with Gasteiger partial charge in [-0.25, -0.2) is 9.18 Å². The first-order valence-electron chi connectivity index (χ1n) is 6.22. The molecule has 2 aromatic carbocycles. The number of aromatic carboxylic acids is 1. The summed E-state index contributed by atoms with van der Waals surface area (Å²) >= 11 is 0. The number of fused-ring (bicyclic) bond motifs is 1. The van der Waals surface area contributed by atoms with Crippen molar-refractivity contribution in [1.29, 1.82) is 0 Å². The Hall–Kier alpha value is -2.89. The standard InChI is InChI=1S/C15H11FN2O3/c16-10-3-6-14-12(7-10)13(8-21-14)18-17-11-4-1-9(2-5-11)15(19)20/h1-7,17H,8H2,(H,19,20)/b18-13-. The first kappa shape index (κ1) is 13.1. The molecule has 0 aliphatic carbocycles. The molecular formula is C15H11FN2O3. The van der Waals surface area contributed by atoms with Crippen LogP contribution < -0.4 is 10.2 Å². The van der Waals surface area contributed by atoms with E-state index in [2.05, 4.69) is 10.5 Å². The topological polar surface area (TPSA) is 70.9 Å². The second kappa shape index (κ2) is 5.24. The quantitative estimate of drug-likeness (QED) is 0.851. The van der Waals surface area contributed by atoms with Gasteiger partial charge in [-0.15, -0.1) is 0 Å². The van der Waals surface area contributed by atoms with Crippen molar-refractivity contribution in [3.63, 3.8) is 0 Å². The van der Waals surface area contributed by atoms with Crippen molar-refractivity contribution in [3.8, 4) is 5.75 Å². The molecule has 0 amide bonds. The summed E-state index contributed by atoms with van der Waals surface area (Å²) in [5.41, 5.74) is 4.85. The third-order valence-corrected chi connectivity index (χ3v) is 3.07. The highest BCUT2D eigenvalue weighted by molar-refractivity contribution is 6.06. The summed E-state index contributed by atoms with van der Waals surface area (Å²) in [6, 6.07) is 10.4. The molecule has 1 aliphatic heterocycles. The molecule has 0 unspecified atom stereocenters. The largest absolute Gasteiger partial charge is 0.486 e. The first-order valence-corrected chi connectivity index (χ1v) is 6.22. The minimum absolute atomic E-state index is 0.199. The number of carboxylic acid groups (broad SMARTS) is 1. The van der Waals surface area contributed by atoms with Gasteiger partial charge in [-0.1, -0.05) is 0 Å². The maximum Gasteiger partial charge on any atom is 0.335 e. The fourth-order valence-electron chi connectivity index (χ4n) is 1.99. The summed E-state index contributed by atoms with van der Waals surface area (Å²) in [5, 5.41) is 13.0. The van der Waals surface area contributed by atoms with Gasteiger partial charge in [0.2, 0.25) is 0 Å². The molecule has 106 valence electrons. The van der Waals surface area contributed by atoms with Gasteiger partial charge in [-0.2, -0.15) is 5.10 Å². The van der Waals surface area contributed by atoms with Crippen LogP contribution >= 0.6 is 0 Å². The molecule has 2 aromatic rings. The fourth-order valence-corrected chi connectivity index (χ4v) is 1.99. The average Bonchev–Trinajstić information content (AvgIpc) is 2.88. The number of carboxylic acids is 1. The molecule has 0 bridgehead atoms. The Morgan fingerprint density at radius 3 is 2.71 bits per heavy atom. The van der Waals surface area contributed by atoms with Crippen LogP contribution in [0.15, 0.2) is 47.6 Å². The van der Waals surface area contributed by atoms with Gasteiger partial charge < -0.3 is 9.84 Å². The highest BCUT2D eigenvalue weighted by Crippen LogP contribution is 2.26. The highest BCUT2D eigenvalue weighted by atomic mass is 19.1. The van der Waals surface area contributed by atoms with Crippen LogP contribution in [0.2, 0.25) is 0 Å². The van der Waals surface area contributed by atoms with Gasteiger partial charge in [-0.05, 0) is 42.5 Å². The molecule has 1 aliphatic rings. The van der Waals surface area contributed by atoms with Gasteiger partial charge in [0.05, 0.1) is 11.3 Å². The van der Waals surface area contributed by atoms with Crippen LogP contribution in [-0.4, -0.2) is 23.4 Å². The number of anilines is 1. The molecule has 0 saturated carbocycles. The molecule has 5 nitrogen and oxygen atoms in total. The second-order valence-electron chi connectivity index (χ2n) is 4.48. The number of rotatable bonds is 3. The van der Waals surface area contributed by atoms with E-state index in [0.717, 1.165) is 0 Å². The van der Waals surface area contributed by atoms with Crippen molar-refractivity contribution >= 4 is 17.4 Å². The van der Waals surface area contributed by atoms with E-state index in [1.807, 2.05) is 0 Å². The molecule has 0 fully saturated rings. The molecule has 0 saturated heterocycles. The van der Waals surface area contributed by atoms with E-state index in [-0.39, 0.29) is 18.0 Å². The average molecular weight is 286 g/mol. The SMILES string of the molecule is O=C(O)c1ccc(N/N=C2/COc3ccc(F)cc32)cc1. The summed E-state index contributed by atoms with van der Waals surface area (Å²) in [6.45, 7) is 0.263. The Balaban J connectivity index is 1.79. The number of hydrogen-bond acceptors (Lipinski definition) is 4. The van der Waals surface area contributed by atoms with Crippen LogP contribution in [0.4, 0.5) is 10.1 Å². The zero-order valence-corrected chi connectivity index (χ0v) is 10.8. The number of nitrogens with one attached hydrogen (secondary N) is 1. The number of halogens is 1. The van der Waals surface area contributed by atoms with Gasteiger partial charge in [-0.3, -0.25) is 5.43 Å². The lowest BCUT2D eigenvalue weighted by Gasteiger charge is -2.02. The predicted octanol–water partition coefficient (Wildman–Crippen LogP) is 2.73. The van der Waals surface area contributed by atoms with Crippen LogP contribution in [-0.2, 0) is 0 Å². The van der Waals surface area contributed by atoms with Crippen molar-refractivity contribution in [2.45, 2.75) is 0 Å². The molecule has 21 heavy (non-hydrogen) atoms. The van der Waals surface area contributed by atoms with Gasteiger partial charge >= 0.3 is 5.97 Å². The zero-order valence-electron chi connectivity index (χ0n) is 10.8. The third kappa shape index (κ3) is 2.69. The molecule has 0 atom stereocenters. The number of hydrogen-bond donors (Lipinski definition) is 2. The molecule has 1 heterocycles. The lowest BCUT2D eigenvalue weighted by molar-refractivity contribution is 0.0697. The summed E-state index contributed by atoms with van der Waals surface area (Å²) in [4.78, 5) is 10.7. The Kier molecular flexibility index (Phi) is 3.27. The van der Waals surface area contributed by atoms with Crippen molar-refractivity contribution < 1.29 is 19.0 Å². The van der Waals surface area contributed by atoms with E-state index >= 15 is 0 Å². The van der Waals surface area contributed by atoms with E-state index in [1.165, 1.54) is 24.3 Å². The Morgan fingerprint density at radius 1 is 1.24 bits per heavy atom. The minimum atomic E-state index is -0.985. The molecule has 0 spiro atoms. The molecule has 0 aromatic heterocycles. The lowest BCUT2D eigenvalue weighted by atomic mass is 10.1. The maximum atomic E-state index is 13.2. The smallest absolute Gasteiger partial charge is 0.335 e. The van der Waals surface area contributed by atoms with Crippen LogP contribution in [0.1, 0.15) is 15.9 Å². The monoisotopic (exact) mass is 286 g/mol. The number of benzene rings is 2. The van der Waals surface area contributed by atoms with Crippen molar-refractivity contribution in [3.05, 3.63) is 59.4 Å². The number of ether oxygens (including phenoxy) is 1. The number of hydrazone groups is 1. The summed E-state index contributed by atoms with van der Waals surface area (Å²) in [6.07, 6.45) is 0. The van der Waals surface area contributed by atoms with Gasteiger partial charge in [0.15, 0.2) is 0 Å². The fraction of sp³-hybridized carbons (Fsp3) is 0.0667. The molecular weight excluding hydrogens is 275 g/mol. The summed E-state index contributed by atoms with van der Waals surface area (Å²) in [7, 11) is 0. The van der Waals surface area contributed by atoms with E-state index in [4.69, 9.17) is 9.84 Å². The third-order valence-electron chi connectivity index (χ3n) is 3.07. The van der Waals surface area contributed by atoms with Crippen molar-refractivity contribution in [2.75, 3.05) is 12.0 Å². The summed E-state index contributed by atoms with van der Waals surface area (Å²) < 4.78 is 18.6. The number of carbonyl (C=O) groups is 1. The Morgan fingerprint density at radius 2 is 2.00 bits per heavy atom. The highest BCUT2D eigenvalue weighted by Gasteiger charge is 2.19. The van der Waals surface area contributed by atoms with Gasteiger partial charge in [0, 0.05) is 5.56 Å². The normalized spacial score (nSPS) is 14.6. The van der Waals surface area contributed by atoms with Crippen LogP contribution in [0, 0.1) is 5.82 Å². The Bertz CT molecular complexity index is 726. The van der Waals surface area contributed by atoms with E-state index in [1.54, 1.807) is 18.2 Å². The van der Waals surface area contributed by atoms with E-state index in [9.17, 15) is 9.18 Å². The molecule has 3 rings (SSSR count). The van der Waals surface area contributed by atoms with Crippen LogP contribution in [0.5, 0.6) is 5.75 Å². The van der Waals surface area contributed by atoms with Crippen LogP contribution in [0.25, 0.3) is 0 Å². The predicted molar refractivity (Wildman–Crippen MR) is 75.5 cm³/mol. The lowest BCUT2D eigenvalue weighted by Crippen LogP contribution is -2.06. The first-order chi connectivity index (χ1) is 10.1. The number of nitrogens with zero attached hydrogens (tertiary/aromatic N) is 1. The zero-order chi connectivity index (χ0) is 14.8. The van der Waals surface area contributed by atoms with Crippen molar-refractivity contribution in [2.24, 2.45) is 5.10 Å². The molecule has 2 N–H and O–H groups in total. The summed E-state index contributed by atoms with van der Waals surface area (Å²) in [5.74, 6) is -0.739. The molecule has 6 heteroatoms.